The molecule has 1 N–H and O–H groups in total. The Kier molecular flexibility index (Phi) is 10.0. The molecule has 0 aliphatic carbocycles. The summed E-state index contributed by atoms with van der Waals surface area (Å²) >= 11 is 1.09. The second-order valence-corrected chi connectivity index (χ2v) is 17.4. The summed E-state index contributed by atoms with van der Waals surface area (Å²) in [5.74, 6) is -0.981. The summed E-state index contributed by atoms with van der Waals surface area (Å²) < 4.78 is 65.1. The molecule has 1 aliphatic rings. The van der Waals surface area contributed by atoms with Crippen molar-refractivity contribution >= 4 is 44.5 Å². The lowest BCUT2D eigenvalue weighted by Crippen LogP contribution is -2.28. The molecular weight excluding hydrogens is 691 g/mol. The molecule has 0 saturated carbocycles. The van der Waals surface area contributed by atoms with Gasteiger partial charge in [0.25, 0.3) is 0 Å². The Morgan fingerprint density at radius 1 is 1.08 bits per heavy atom. The molecule has 0 fully saturated rings. The van der Waals surface area contributed by atoms with E-state index in [1.165, 1.54) is 30.7 Å². The maximum atomic E-state index is 15.8. The first-order valence-corrected chi connectivity index (χ1v) is 19.4. The zero-order valence-electron chi connectivity index (χ0n) is 29.6. The first kappa shape index (κ1) is 36.5. The van der Waals surface area contributed by atoms with Crippen molar-refractivity contribution in [1.29, 1.82) is 0 Å². The van der Waals surface area contributed by atoms with Gasteiger partial charge in [-0.05, 0) is 79.1 Å². The smallest absolute Gasteiger partial charge is 0.308 e. The number of methoxy groups -OCH3 is 1. The SMILES string of the molecule is COC(=O)[C@@H](C)Cc1cccc([C@@]2(C)CCCC(C)(C)CS(=O)(=O)/C=C\c3c(c(F)cc4[nH]ccc34)Sc3ccc(F)c(c3)-c3nc2nn3C)c1. The van der Waals surface area contributed by atoms with E-state index in [0.717, 1.165) is 22.9 Å². The Bertz CT molecular complexity index is 2260. The lowest BCUT2D eigenvalue weighted by Gasteiger charge is -2.30. The zero-order chi connectivity index (χ0) is 36.7. The van der Waals surface area contributed by atoms with Crippen LogP contribution >= 0.6 is 11.8 Å². The molecule has 0 radical (unpaired) electrons. The van der Waals surface area contributed by atoms with Crippen LogP contribution in [0, 0.1) is 23.0 Å². The van der Waals surface area contributed by atoms with E-state index in [1.54, 1.807) is 36.1 Å². The predicted molar refractivity (Wildman–Crippen MR) is 197 cm³/mol. The van der Waals surface area contributed by atoms with Gasteiger partial charge in [0, 0.05) is 40.0 Å². The Hall–Kier alpha value is -4.29. The normalized spacial score (nSPS) is 20.2. The van der Waals surface area contributed by atoms with Gasteiger partial charge in [0.05, 0.1) is 34.7 Å². The molecule has 8 nitrogen and oxygen atoms in total. The van der Waals surface area contributed by atoms with Gasteiger partial charge in [0.1, 0.15) is 11.6 Å². The fourth-order valence-corrected chi connectivity index (χ4v) is 9.65. The molecule has 51 heavy (non-hydrogen) atoms. The van der Waals surface area contributed by atoms with Gasteiger partial charge in [-0.1, -0.05) is 63.2 Å². The number of benzene rings is 3. The Morgan fingerprint density at radius 3 is 2.63 bits per heavy atom. The minimum atomic E-state index is -3.72. The number of aromatic nitrogens is 4. The summed E-state index contributed by atoms with van der Waals surface area (Å²) in [4.78, 5) is 21.0. The standard InChI is InChI=1S/C39H42F2N4O4S2/c1-24(36(46)49-6)19-25-9-7-10-26(20-25)39(4)16-8-15-38(2,3)23-51(47,48)18-14-29-28-13-17-42-33(28)22-32(41)34(29)50-27-11-12-31(40)30(21-27)35-43-37(39)44-45(35)5/h7,9-14,17-18,20-22,24,42H,8,15-16,19,23H2,1-6H3/b18-14-/t24-,39+/m0/s1. The van der Waals surface area contributed by atoms with Gasteiger partial charge in [0.2, 0.25) is 0 Å². The third kappa shape index (κ3) is 7.67. The quantitative estimate of drug-likeness (QED) is 0.184. The van der Waals surface area contributed by atoms with Crippen LogP contribution < -0.4 is 0 Å². The van der Waals surface area contributed by atoms with E-state index < -0.39 is 32.3 Å². The highest BCUT2D eigenvalue weighted by molar-refractivity contribution is 7.99. The van der Waals surface area contributed by atoms with Crippen LogP contribution in [0.2, 0.25) is 0 Å². The van der Waals surface area contributed by atoms with Gasteiger partial charge in [-0.3, -0.25) is 4.79 Å². The molecule has 12 heteroatoms. The lowest BCUT2D eigenvalue weighted by molar-refractivity contribution is -0.144. The van der Waals surface area contributed by atoms with Crippen LogP contribution in [0.4, 0.5) is 8.78 Å². The van der Waals surface area contributed by atoms with E-state index in [0.29, 0.717) is 58.7 Å². The molecule has 1 aliphatic heterocycles. The topological polar surface area (TPSA) is 107 Å². The van der Waals surface area contributed by atoms with E-state index in [4.69, 9.17) is 14.8 Å². The van der Waals surface area contributed by atoms with Gasteiger partial charge < -0.3 is 9.72 Å². The van der Waals surface area contributed by atoms with Crippen molar-refractivity contribution in [1.82, 2.24) is 19.7 Å². The largest absolute Gasteiger partial charge is 0.469 e. The number of ether oxygens (including phenoxy) is 1. The van der Waals surface area contributed by atoms with Gasteiger partial charge in [-0.2, -0.15) is 5.10 Å². The van der Waals surface area contributed by atoms with Crippen molar-refractivity contribution in [2.24, 2.45) is 18.4 Å². The first-order chi connectivity index (χ1) is 24.1. The molecule has 6 rings (SSSR count). The number of nitrogens with one attached hydrogen (secondary N) is 1. The highest BCUT2D eigenvalue weighted by atomic mass is 32.2. The molecule has 0 amide bonds. The third-order valence-electron chi connectivity index (χ3n) is 9.73. The predicted octanol–water partition coefficient (Wildman–Crippen LogP) is 8.65. The van der Waals surface area contributed by atoms with Crippen LogP contribution in [0.25, 0.3) is 28.4 Å². The fraction of sp³-hybridized carbons (Fsp3) is 0.359. The van der Waals surface area contributed by atoms with E-state index in [2.05, 4.69) is 4.98 Å². The van der Waals surface area contributed by atoms with Crippen LogP contribution in [-0.4, -0.2) is 47.0 Å². The molecule has 0 spiro atoms. The van der Waals surface area contributed by atoms with Crippen LogP contribution in [0.1, 0.15) is 69.5 Å². The van der Waals surface area contributed by atoms with Crippen molar-refractivity contribution in [3.63, 3.8) is 0 Å². The number of hydrogen-bond donors (Lipinski definition) is 1. The van der Waals surface area contributed by atoms with Crippen LogP contribution in [0.5, 0.6) is 0 Å². The van der Waals surface area contributed by atoms with E-state index >= 15 is 8.78 Å². The monoisotopic (exact) mass is 732 g/mol. The number of nitrogens with zero attached hydrogens (tertiary/aromatic N) is 3. The minimum Gasteiger partial charge on any atom is -0.469 e. The number of H-pyrrole nitrogens is 1. The number of aryl methyl sites for hydroxylation is 1. The number of sulfone groups is 1. The highest BCUT2D eigenvalue weighted by Crippen LogP contribution is 2.42. The van der Waals surface area contributed by atoms with Gasteiger partial charge in [0.15, 0.2) is 21.5 Å². The Morgan fingerprint density at radius 2 is 1.86 bits per heavy atom. The maximum absolute atomic E-state index is 15.8. The van der Waals surface area contributed by atoms with Crippen molar-refractivity contribution < 1.29 is 26.7 Å². The van der Waals surface area contributed by atoms with Gasteiger partial charge in [-0.15, -0.1) is 0 Å². The Balaban J connectivity index is 1.50. The summed E-state index contributed by atoms with van der Waals surface area (Å²) in [6.45, 7) is 7.74. The van der Waals surface area contributed by atoms with Crippen molar-refractivity contribution in [2.45, 2.75) is 68.6 Å². The molecule has 2 atom stereocenters. The van der Waals surface area contributed by atoms with Crippen molar-refractivity contribution in [2.75, 3.05) is 12.9 Å². The number of hydrogen-bond acceptors (Lipinski definition) is 7. The highest BCUT2D eigenvalue weighted by Gasteiger charge is 2.36. The molecule has 0 unspecified atom stereocenters. The Labute approximate surface area is 301 Å². The summed E-state index contributed by atoms with van der Waals surface area (Å²) in [5.41, 5.74) is 1.67. The lowest BCUT2D eigenvalue weighted by atomic mass is 9.75. The van der Waals surface area contributed by atoms with Gasteiger partial charge in [-0.25, -0.2) is 26.9 Å². The minimum absolute atomic E-state index is 0.102. The second-order valence-electron chi connectivity index (χ2n) is 14.5. The molecule has 0 saturated heterocycles. The van der Waals surface area contributed by atoms with Crippen molar-refractivity contribution in [3.8, 4) is 11.4 Å². The number of halogens is 2. The molecule has 4 bridgehead atoms. The van der Waals surface area contributed by atoms with Gasteiger partial charge >= 0.3 is 5.97 Å². The molecule has 268 valence electrons. The summed E-state index contributed by atoms with van der Waals surface area (Å²) in [5, 5.41) is 6.70. The number of carbonyl (C=O) groups is 1. The number of rotatable bonds is 4. The molecule has 3 aromatic carbocycles. The fourth-order valence-electron chi connectivity index (χ4n) is 6.98. The van der Waals surface area contributed by atoms with E-state index in [1.807, 2.05) is 52.0 Å². The first-order valence-electron chi connectivity index (χ1n) is 16.9. The van der Waals surface area contributed by atoms with Crippen LogP contribution in [0.15, 0.2) is 76.0 Å². The number of carbonyl (C=O) groups excluding carboxylic acids is 1. The third-order valence-corrected chi connectivity index (χ3v) is 12.6. The summed E-state index contributed by atoms with van der Waals surface area (Å²) in [7, 11) is -0.624. The van der Waals surface area contributed by atoms with Crippen molar-refractivity contribution in [3.05, 3.63) is 100 Å². The molecule has 2 aromatic heterocycles. The number of fused-ring (bicyclic) bond motifs is 8. The van der Waals surface area contributed by atoms with E-state index in [-0.39, 0.29) is 28.1 Å². The molecular formula is C39H42F2N4O4S2. The average Bonchev–Trinajstić information content (AvgIpc) is 3.70. The molecule has 3 heterocycles. The van der Waals surface area contributed by atoms with Crippen LogP contribution in [0.3, 0.4) is 0 Å². The average molecular weight is 733 g/mol. The summed E-state index contributed by atoms with van der Waals surface area (Å²) in [6, 6.07) is 15.6. The van der Waals surface area contributed by atoms with E-state index in [9.17, 15) is 13.2 Å². The molecule has 5 aromatic rings. The summed E-state index contributed by atoms with van der Waals surface area (Å²) in [6.07, 6.45) is 5.42. The second kappa shape index (κ2) is 14.0. The number of esters is 1. The van der Waals surface area contributed by atoms with Crippen LogP contribution in [-0.2, 0) is 38.3 Å². The zero-order valence-corrected chi connectivity index (χ0v) is 31.2. The number of aromatic amines is 1. The maximum Gasteiger partial charge on any atom is 0.308 e.